The van der Waals surface area contributed by atoms with Crippen LogP contribution < -0.4 is 9.47 Å². The summed E-state index contributed by atoms with van der Waals surface area (Å²) >= 11 is 1.61. The van der Waals surface area contributed by atoms with Gasteiger partial charge in [0.25, 0.3) is 0 Å². The summed E-state index contributed by atoms with van der Waals surface area (Å²) in [6.45, 7) is 5.35. The highest BCUT2D eigenvalue weighted by Crippen LogP contribution is 2.33. The van der Waals surface area contributed by atoms with Crippen molar-refractivity contribution in [2.24, 2.45) is 5.92 Å². The van der Waals surface area contributed by atoms with Gasteiger partial charge in [0.15, 0.2) is 11.5 Å². The lowest BCUT2D eigenvalue weighted by molar-refractivity contribution is -0.141. The van der Waals surface area contributed by atoms with Crippen LogP contribution in [-0.4, -0.2) is 41.5 Å². The third kappa shape index (κ3) is 4.79. The minimum atomic E-state index is -0.0769. The number of hydrogen-bond acceptors (Lipinski definition) is 5. The lowest BCUT2D eigenvalue weighted by Crippen LogP contribution is -2.43. The highest BCUT2D eigenvalue weighted by molar-refractivity contribution is 7.09. The van der Waals surface area contributed by atoms with Crippen LogP contribution >= 0.6 is 11.3 Å². The molecule has 4 rings (SSSR count). The van der Waals surface area contributed by atoms with Gasteiger partial charge in [-0.05, 0) is 42.0 Å². The van der Waals surface area contributed by atoms with Gasteiger partial charge >= 0.3 is 0 Å². The molecule has 1 aliphatic carbocycles. The molecule has 1 aliphatic heterocycles. The molecule has 29 heavy (non-hydrogen) atoms. The second-order valence-corrected chi connectivity index (χ2v) is 8.33. The van der Waals surface area contributed by atoms with Crippen molar-refractivity contribution in [3.63, 3.8) is 0 Å². The zero-order valence-electron chi connectivity index (χ0n) is 16.2. The minimum Gasteiger partial charge on any atom is -0.454 e. The minimum absolute atomic E-state index is 0.0532. The third-order valence-electron chi connectivity index (χ3n) is 5.00. The lowest BCUT2D eigenvalue weighted by atomic mass is 10.2. The number of carbonyl (C=O) groups is 2. The molecule has 1 saturated carbocycles. The molecule has 0 spiro atoms. The van der Waals surface area contributed by atoms with E-state index in [4.69, 9.17) is 9.47 Å². The van der Waals surface area contributed by atoms with E-state index in [0.717, 1.165) is 29.0 Å². The van der Waals surface area contributed by atoms with Crippen molar-refractivity contribution in [2.75, 3.05) is 19.9 Å². The zero-order valence-corrected chi connectivity index (χ0v) is 17.0. The van der Waals surface area contributed by atoms with Crippen LogP contribution in [0, 0.1) is 5.92 Å². The summed E-state index contributed by atoms with van der Waals surface area (Å²) in [5.74, 6) is 1.46. The number of fused-ring (bicyclic) bond motifs is 1. The first kappa shape index (κ1) is 19.5. The van der Waals surface area contributed by atoms with Crippen LogP contribution in [0.1, 0.15) is 23.3 Å². The van der Waals surface area contributed by atoms with E-state index in [-0.39, 0.29) is 31.1 Å². The topological polar surface area (TPSA) is 59.1 Å². The molecule has 0 saturated heterocycles. The van der Waals surface area contributed by atoms with Crippen molar-refractivity contribution in [1.29, 1.82) is 0 Å². The number of nitrogens with zero attached hydrogens (tertiary/aromatic N) is 2. The number of hydrogen-bond donors (Lipinski definition) is 0. The van der Waals surface area contributed by atoms with Gasteiger partial charge in [0.05, 0.1) is 6.54 Å². The van der Waals surface area contributed by atoms with Crippen molar-refractivity contribution in [1.82, 2.24) is 9.80 Å². The largest absolute Gasteiger partial charge is 0.454 e. The lowest BCUT2D eigenvalue weighted by Gasteiger charge is -2.27. The van der Waals surface area contributed by atoms with Crippen molar-refractivity contribution in [2.45, 2.75) is 25.9 Å². The quantitative estimate of drug-likeness (QED) is 0.592. The molecule has 6 nitrogen and oxygen atoms in total. The van der Waals surface area contributed by atoms with E-state index < -0.39 is 0 Å². The number of ether oxygens (including phenoxy) is 2. The fourth-order valence-corrected chi connectivity index (χ4v) is 4.04. The van der Waals surface area contributed by atoms with Crippen LogP contribution in [0.3, 0.4) is 0 Å². The normalized spacial score (nSPS) is 14.5. The standard InChI is InChI=1S/C22H24N2O4S/c1-2-9-23(22(26)17-6-7-17)14-21(25)24(13-18-4-3-10-29-18)12-16-5-8-19-20(11-16)28-15-27-19/h2-5,8,10-11,17H,1,6-7,9,12-15H2. The Labute approximate surface area is 174 Å². The van der Waals surface area contributed by atoms with Gasteiger partial charge in [-0.2, -0.15) is 0 Å². The molecule has 0 bridgehead atoms. The average Bonchev–Trinajstić information content (AvgIpc) is 3.24. The summed E-state index contributed by atoms with van der Waals surface area (Å²) in [6.07, 6.45) is 3.50. The molecule has 2 heterocycles. The fourth-order valence-electron chi connectivity index (χ4n) is 3.32. The van der Waals surface area contributed by atoms with Crippen molar-refractivity contribution in [3.05, 3.63) is 58.8 Å². The number of amides is 2. The number of carbonyl (C=O) groups excluding carboxylic acids is 2. The van der Waals surface area contributed by atoms with Crippen LogP contribution in [0.2, 0.25) is 0 Å². The maximum Gasteiger partial charge on any atom is 0.242 e. The Kier molecular flexibility index (Phi) is 5.85. The van der Waals surface area contributed by atoms with E-state index >= 15 is 0 Å². The summed E-state index contributed by atoms with van der Waals surface area (Å²) < 4.78 is 10.8. The number of rotatable bonds is 9. The Hall–Kier alpha value is -2.80. The van der Waals surface area contributed by atoms with Crippen LogP contribution in [0.5, 0.6) is 11.5 Å². The Balaban J connectivity index is 1.50. The summed E-state index contributed by atoms with van der Waals surface area (Å²) in [4.78, 5) is 30.2. The molecule has 1 fully saturated rings. The molecule has 1 aromatic heterocycles. The first-order valence-corrected chi connectivity index (χ1v) is 10.6. The van der Waals surface area contributed by atoms with E-state index in [1.54, 1.807) is 27.2 Å². The Bertz CT molecular complexity index is 892. The second-order valence-electron chi connectivity index (χ2n) is 7.30. The van der Waals surface area contributed by atoms with Crippen LogP contribution in [0.15, 0.2) is 48.4 Å². The molecule has 2 aromatic rings. The van der Waals surface area contributed by atoms with Crippen LogP contribution in [0.25, 0.3) is 0 Å². The summed E-state index contributed by atoms with van der Waals surface area (Å²) in [5.41, 5.74) is 0.961. The van der Waals surface area contributed by atoms with Gasteiger partial charge < -0.3 is 19.3 Å². The Morgan fingerprint density at radius 1 is 1.14 bits per heavy atom. The van der Waals surface area contributed by atoms with Crippen molar-refractivity contribution < 1.29 is 19.1 Å². The van der Waals surface area contributed by atoms with Crippen LogP contribution in [-0.2, 0) is 22.7 Å². The second kappa shape index (κ2) is 8.69. The van der Waals surface area contributed by atoms with Gasteiger partial charge in [0.1, 0.15) is 6.54 Å². The van der Waals surface area contributed by atoms with E-state index in [9.17, 15) is 9.59 Å². The Morgan fingerprint density at radius 2 is 1.97 bits per heavy atom. The van der Waals surface area contributed by atoms with Gasteiger partial charge in [-0.1, -0.05) is 18.2 Å². The summed E-state index contributed by atoms with van der Waals surface area (Å²) in [5, 5.41) is 2.00. The molecule has 2 amide bonds. The predicted octanol–water partition coefficient (Wildman–Crippen LogP) is 3.43. The molecule has 0 radical (unpaired) electrons. The zero-order chi connectivity index (χ0) is 20.2. The molecule has 7 heteroatoms. The first-order valence-electron chi connectivity index (χ1n) is 9.72. The maximum absolute atomic E-state index is 13.2. The molecule has 0 N–H and O–H groups in total. The van der Waals surface area contributed by atoms with Gasteiger partial charge in [-0.15, -0.1) is 17.9 Å². The molecule has 0 unspecified atom stereocenters. The predicted molar refractivity (Wildman–Crippen MR) is 111 cm³/mol. The van der Waals surface area contributed by atoms with E-state index in [0.29, 0.717) is 25.4 Å². The number of thiophene rings is 1. The molecular formula is C22H24N2O4S. The average molecular weight is 413 g/mol. The Morgan fingerprint density at radius 3 is 2.69 bits per heavy atom. The fraction of sp³-hybridized carbons (Fsp3) is 0.364. The molecule has 152 valence electrons. The smallest absolute Gasteiger partial charge is 0.242 e. The molecule has 1 aromatic carbocycles. The molecule has 2 aliphatic rings. The molecular weight excluding hydrogens is 388 g/mol. The van der Waals surface area contributed by atoms with Crippen molar-refractivity contribution >= 4 is 23.2 Å². The van der Waals surface area contributed by atoms with Crippen molar-refractivity contribution in [3.8, 4) is 11.5 Å². The van der Waals surface area contributed by atoms with E-state index in [2.05, 4.69) is 6.58 Å². The first-order chi connectivity index (χ1) is 14.1. The van der Waals surface area contributed by atoms with Gasteiger partial charge in [0.2, 0.25) is 18.6 Å². The van der Waals surface area contributed by atoms with E-state index in [1.807, 2.05) is 35.7 Å². The molecule has 0 atom stereocenters. The number of benzene rings is 1. The highest BCUT2D eigenvalue weighted by Gasteiger charge is 2.34. The van der Waals surface area contributed by atoms with Gasteiger partial charge in [0, 0.05) is 23.9 Å². The van der Waals surface area contributed by atoms with Crippen LogP contribution in [0.4, 0.5) is 0 Å². The SMILES string of the molecule is C=CCN(CC(=O)N(Cc1ccc2c(c1)OCO2)Cc1cccs1)C(=O)C1CC1. The third-order valence-corrected chi connectivity index (χ3v) is 5.86. The summed E-state index contributed by atoms with van der Waals surface area (Å²) in [7, 11) is 0. The van der Waals surface area contributed by atoms with E-state index in [1.165, 1.54) is 0 Å². The monoisotopic (exact) mass is 412 g/mol. The van der Waals surface area contributed by atoms with Gasteiger partial charge in [-0.3, -0.25) is 9.59 Å². The maximum atomic E-state index is 13.2. The van der Waals surface area contributed by atoms with Gasteiger partial charge in [-0.25, -0.2) is 0 Å². The highest BCUT2D eigenvalue weighted by atomic mass is 32.1. The summed E-state index contributed by atoms with van der Waals surface area (Å²) in [6, 6.07) is 9.71.